The Morgan fingerprint density at radius 3 is 2.23 bits per heavy atom. The second kappa shape index (κ2) is 13.3. The summed E-state index contributed by atoms with van der Waals surface area (Å²) in [7, 11) is 1.50. The van der Waals surface area contributed by atoms with E-state index in [2.05, 4.69) is 9.99 Å². The van der Waals surface area contributed by atoms with E-state index in [1.807, 2.05) is 69.3 Å². The standard InChI is InChI=1S/C24H31NO5/c1-5-6-12-28-23-16-19(2)24(20(3)17-23)30-15-14-27-18-21-7-9-22(10-8-21)29-13-11-25-26-4/h5-11,16-17H,12-15,18H2,1-4H3/b6-5+,25-11+. The van der Waals surface area contributed by atoms with Gasteiger partial charge in [0.1, 0.15) is 44.2 Å². The highest BCUT2D eigenvalue weighted by Gasteiger charge is 2.07. The van der Waals surface area contributed by atoms with E-state index in [-0.39, 0.29) is 0 Å². The van der Waals surface area contributed by atoms with Crippen molar-refractivity contribution >= 4 is 6.21 Å². The summed E-state index contributed by atoms with van der Waals surface area (Å²) < 4.78 is 22.9. The van der Waals surface area contributed by atoms with Crippen LogP contribution in [0.3, 0.4) is 0 Å². The van der Waals surface area contributed by atoms with Crippen LogP contribution in [0.4, 0.5) is 0 Å². The van der Waals surface area contributed by atoms with E-state index < -0.39 is 0 Å². The minimum absolute atomic E-state index is 0.364. The van der Waals surface area contributed by atoms with Crippen LogP contribution < -0.4 is 14.2 Å². The van der Waals surface area contributed by atoms with Gasteiger partial charge in [-0.2, -0.15) is 0 Å². The van der Waals surface area contributed by atoms with Crippen LogP contribution in [0.5, 0.6) is 17.2 Å². The highest BCUT2D eigenvalue weighted by molar-refractivity contribution is 5.58. The summed E-state index contributed by atoms with van der Waals surface area (Å²) in [6, 6.07) is 11.8. The molecule has 0 bridgehead atoms. The summed E-state index contributed by atoms with van der Waals surface area (Å²) in [5.41, 5.74) is 3.18. The van der Waals surface area contributed by atoms with Crippen LogP contribution in [-0.2, 0) is 16.2 Å². The number of rotatable bonds is 13. The average molecular weight is 414 g/mol. The molecule has 2 aromatic rings. The zero-order chi connectivity index (χ0) is 21.6. The molecule has 0 unspecified atom stereocenters. The van der Waals surface area contributed by atoms with Gasteiger partial charge in [0.05, 0.1) is 19.4 Å². The monoisotopic (exact) mass is 413 g/mol. The maximum Gasteiger partial charge on any atom is 0.127 e. The summed E-state index contributed by atoms with van der Waals surface area (Å²) in [6.07, 6.45) is 5.51. The fourth-order valence-corrected chi connectivity index (χ4v) is 2.78. The molecule has 0 atom stereocenters. The van der Waals surface area contributed by atoms with Crippen molar-refractivity contribution in [2.75, 3.05) is 33.5 Å². The van der Waals surface area contributed by atoms with Crippen molar-refractivity contribution in [3.05, 3.63) is 65.2 Å². The number of allylic oxidation sites excluding steroid dienone is 1. The van der Waals surface area contributed by atoms with Crippen molar-refractivity contribution in [3.8, 4) is 17.2 Å². The minimum Gasteiger partial charge on any atom is -0.491 e. The lowest BCUT2D eigenvalue weighted by atomic mass is 10.1. The molecule has 0 N–H and O–H groups in total. The summed E-state index contributed by atoms with van der Waals surface area (Å²) in [6.45, 7) is 8.47. The molecule has 0 fully saturated rings. The largest absolute Gasteiger partial charge is 0.491 e. The lowest BCUT2D eigenvalue weighted by Gasteiger charge is -2.14. The molecular formula is C24H31NO5. The van der Waals surface area contributed by atoms with Crippen LogP contribution in [0.25, 0.3) is 0 Å². The zero-order valence-corrected chi connectivity index (χ0v) is 18.2. The molecule has 0 aromatic heterocycles. The quantitative estimate of drug-likeness (QED) is 0.203. The predicted octanol–water partition coefficient (Wildman–Crippen LogP) is 4.86. The molecule has 30 heavy (non-hydrogen) atoms. The number of hydrogen-bond donors (Lipinski definition) is 0. The second-order valence-corrected chi connectivity index (χ2v) is 6.59. The minimum atomic E-state index is 0.364. The first-order chi connectivity index (χ1) is 14.6. The van der Waals surface area contributed by atoms with E-state index in [9.17, 15) is 0 Å². The van der Waals surface area contributed by atoms with Crippen molar-refractivity contribution < 1.29 is 23.8 Å². The highest BCUT2D eigenvalue weighted by Crippen LogP contribution is 2.28. The van der Waals surface area contributed by atoms with Gasteiger partial charge in [0.25, 0.3) is 0 Å². The summed E-state index contributed by atoms with van der Waals surface area (Å²) >= 11 is 0. The van der Waals surface area contributed by atoms with Gasteiger partial charge in [-0.15, -0.1) is 0 Å². The summed E-state index contributed by atoms with van der Waals surface area (Å²) in [5.74, 6) is 2.51. The first-order valence-corrected chi connectivity index (χ1v) is 9.96. The summed E-state index contributed by atoms with van der Waals surface area (Å²) in [4.78, 5) is 4.58. The molecule has 2 aromatic carbocycles. The Labute approximate surface area is 179 Å². The maximum absolute atomic E-state index is 5.93. The molecule has 0 radical (unpaired) electrons. The Morgan fingerprint density at radius 2 is 1.57 bits per heavy atom. The third kappa shape index (κ3) is 8.17. The first kappa shape index (κ1) is 23.3. The lowest BCUT2D eigenvalue weighted by Crippen LogP contribution is -2.08. The Kier molecular flexibility index (Phi) is 10.3. The van der Waals surface area contributed by atoms with Gasteiger partial charge in [0.15, 0.2) is 0 Å². The van der Waals surface area contributed by atoms with Gasteiger partial charge in [-0.3, -0.25) is 0 Å². The van der Waals surface area contributed by atoms with E-state index >= 15 is 0 Å². The van der Waals surface area contributed by atoms with Gasteiger partial charge >= 0.3 is 0 Å². The smallest absolute Gasteiger partial charge is 0.127 e. The van der Waals surface area contributed by atoms with E-state index in [1.165, 1.54) is 7.11 Å². The van der Waals surface area contributed by atoms with E-state index in [0.717, 1.165) is 33.9 Å². The van der Waals surface area contributed by atoms with Crippen molar-refractivity contribution in [3.63, 3.8) is 0 Å². The molecule has 0 aliphatic rings. The van der Waals surface area contributed by atoms with Gasteiger partial charge in [-0.1, -0.05) is 29.4 Å². The number of hydrogen-bond acceptors (Lipinski definition) is 6. The Morgan fingerprint density at radius 1 is 0.867 bits per heavy atom. The van der Waals surface area contributed by atoms with Crippen molar-refractivity contribution in [1.29, 1.82) is 0 Å². The van der Waals surface area contributed by atoms with Crippen LogP contribution in [0.2, 0.25) is 0 Å². The average Bonchev–Trinajstić information content (AvgIpc) is 2.74. The van der Waals surface area contributed by atoms with E-state index in [0.29, 0.717) is 33.0 Å². The molecule has 162 valence electrons. The van der Waals surface area contributed by atoms with Gasteiger partial charge < -0.3 is 23.8 Å². The van der Waals surface area contributed by atoms with Gasteiger partial charge in [-0.25, -0.2) is 0 Å². The number of benzene rings is 2. The highest BCUT2D eigenvalue weighted by atomic mass is 16.6. The molecule has 0 spiro atoms. The number of aryl methyl sites for hydroxylation is 2. The Bertz CT molecular complexity index is 792. The van der Waals surface area contributed by atoms with Crippen molar-refractivity contribution in [1.82, 2.24) is 0 Å². The first-order valence-electron chi connectivity index (χ1n) is 9.96. The molecule has 0 heterocycles. The molecule has 2 rings (SSSR count). The SMILES string of the molecule is C/C=C/COc1cc(C)c(OCCOCc2ccc(OC/C=N/OC)cc2)c(C)c1. The number of nitrogens with zero attached hydrogens (tertiary/aromatic N) is 1. The fourth-order valence-electron chi connectivity index (χ4n) is 2.78. The second-order valence-electron chi connectivity index (χ2n) is 6.59. The van der Waals surface area contributed by atoms with Gasteiger partial charge in [0, 0.05) is 0 Å². The third-order valence-electron chi connectivity index (χ3n) is 4.19. The fraction of sp³-hybridized carbons (Fsp3) is 0.375. The molecule has 0 aliphatic heterocycles. The maximum atomic E-state index is 5.93. The predicted molar refractivity (Wildman–Crippen MR) is 119 cm³/mol. The summed E-state index contributed by atoms with van der Waals surface area (Å²) in [5, 5.41) is 3.62. The van der Waals surface area contributed by atoms with Gasteiger partial charge in [0.2, 0.25) is 0 Å². The molecule has 6 nitrogen and oxygen atoms in total. The molecule has 0 amide bonds. The van der Waals surface area contributed by atoms with Crippen molar-refractivity contribution in [2.45, 2.75) is 27.4 Å². The molecular weight excluding hydrogens is 382 g/mol. The lowest BCUT2D eigenvalue weighted by molar-refractivity contribution is 0.0884. The van der Waals surface area contributed by atoms with Gasteiger partial charge in [-0.05, 0) is 61.7 Å². The number of ether oxygens (including phenoxy) is 4. The molecule has 0 saturated heterocycles. The normalized spacial score (nSPS) is 11.2. The number of oxime groups is 1. The van der Waals surface area contributed by atoms with Crippen LogP contribution >= 0.6 is 0 Å². The van der Waals surface area contributed by atoms with Crippen LogP contribution in [-0.4, -0.2) is 39.8 Å². The topological polar surface area (TPSA) is 58.5 Å². The Balaban J connectivity index is 1.71. The van der Waals surface area contributed by atoms with Crippen LogP contribution in [0, 0.1) is 13.8 Å². The zero-order valence-electron chi connectivity index (χ0n) is 18.2. The van der Waals surface area contributed by atoms with E-state index in [4.69, 9.17) is 18.9 Å². The van der Waals surface area contributed by atoms with Crippen molar-refractivity contribution in [2.24, 2.45) is 5.16 Å². The van der Waals surface area contributed by atoms with Crippen LogP contribution in [0.1, 0.15) is 23.6 Å². The molecule has 6 heteroatoms. The molecule has 0 saturated carbocycles. The molecule has 0 aliphatic carbocycles. The third-order valence-corrected chi connectivity index (χ3v) is 4.19. The Hall–Kier alpha value is -2.99. The van der Waals surface area contributed by atoms with E-state index in [1.54, 1.807) is 6.21 Å². The van der Waals surface area contributed by atoms with Crippen LogP contribution in [0.15, 0.2) is 53.7 Å².